The fraction of sp³-hybridized carbons (Fsp3) is 0.393. The summed E-state index contributed by atoms with van der Waals surface area (Å²) in [6, 6.07) is 13.0. The van der Waals surface area contributed by atoms with Crippen LogP contribution in [0.1, 0.15) is 47.3 Å². The Labute approximate surface area is 210 Å². The molecule has 35 heavy (non-hydrogen) atoms. The first-order chi connectivity index (χ1) is 16.9. The minimum Gasteiger partial charge on any atom is -0.378 e. The standard InChI is InChI=1S/C28H29ClN4O2/c1-32(2)19-7-5-6-18(15-19)30-27(34)25-14-17-13-24(17)33(25)28(35)16-10-11-21-23(12-16)31-22-9-4-3-8-20(22)26(21)29/h5-7,10-12,15,17,24-25H,3-4,8-9,13-14H2,1-2H3,(H,30,34)/t17?,24?,25-/m1/s1. The molecule has 0 bridgehead atoms. The summed E-state index contributed by atoms with van der Waals surface area (Å²) in [6.07, 6.45) is 5.82. The number of amides is 2. The molecule has 0 spiro atoms. The van der Waals surface area contributed by atoms with Gasteiger partial charge in [0.05, 0.1) is 10.5 Å². The van der Waals surface area contributed by atoms with Crippen molar-refractivity contribution >= 4 is 45.7 Å². The van der Waals surface area contributed by atoms with Crippen LogP contribution in [-0.2, 0) is 17.6 Å². The van der Waals surface area contributed by atoms with Crippen molar-refractivity contribution < 1.29 is 9.59 Å². The Hall–Kier alpha value is -3.12. The van der Waals surface area contributed by atoms with Crippen LogP contribution >= 0.6 is 11.6 Å². The summed E-state index contributed by atoms with van der Waals surface area (Å²) in [6.45, 7) is 0. The maximum Gasteiger partial charge on any atom is 0.254 e. The van der Waals surface area contributed by atoms with Crippen molar-refractivity contribution in [2.75, 3.05) is 24.3 Å². The maximum atomic E-state index is 13.7. The maximum absolute atomic E-state index is 13.7. The Morgan fingerprint density at radius 3 is 2.74 bits per heavy atom. The normalized spacial score (nSPS) is 22.5. The van der Waals surface area contributed by atoms with E-state index in [1.165, 1.54) is 0 Å². The van der Waals surface area contributed by atoms with Crippen LogP contribution < -0.4 is 10.2 Å². The van der Waals surface area contributed by atoms with Crippen molar-refractivity contribution in [3.05, 3.63) is 64.3 Å². The van der Waals surface area contributed by atoms with E-state index in [2.05, 4.69) is 5.32 Å². The number of nitrogens with one attached hydrogen (secondary N) is 1. The second-order valence-corrected chi connectivity index (χ2v) is 10.6. The van der Waals surface area contributed by atoms with E-state index >= 15 is 0 Å². The third-order valence-corrected chi connectivity index (χ3v) is 8.14. The quantitative estimate of drug-likeness (QED) is 0.556. The minimum atomic E-state index is -0.468. The van der Waals surface area contributed by atoms with Gasteiger partial charge in [-0.15, -0.1) is 0 Å². The number of likely N-dealkylation sites (tertiary alicyclic amines) is 1. The number of piperidine rings is 1. The van der Waals surface area contributed by atoms with Crippen LogP contribution in [-0.4, -0.2) is 47.9 Å². The molecule has 2 heterocycles. The fourth-order valence-corrected chi connectivity index (χ4v) is 6.08. The number of anilines is 2. The predicted molar refractivity (Wildman–Crippen MR) is 139 cm³/mol. The molecule has 7 heteroatoms. The van der Waals surface area contributed by atoms with E-state index in [1.54, 1.807) is 4.90 Å². The van der Waals surface area contributed by atoms with E-state index < -0.39 is 6.04 Å². The molecule has 3 atom stereocenters. The lowest BCUT2D eigenvalue weighted by Gasteiger charge is -2.27. The van der Waals surface area contributed by atoms with E-state index in [1.807, 2.05) is 61.5 Å². The number of rotatable bonds is 4. The van der Waals surface area contributed by atoms with Crippen LogP contribution in [0.3, 0.4) is 0 Å². The number of carbonyl (C=O) groups is 2. The number of halogens is 1. The van der Waals surface area contributed by atoms with Crippen molar-refractivity contribution in [1.82, 2.24) is 9.88 Å². The van der Waals surface area contributed by atoms with Crippen LogP contribution in [0.25, 0.3) is 10.9 Å². The van der Waals surface area contributed by atoms with Crippen molar-refractivity contribution in [1.29, 1.82) is 0 Å². The molecule has 180 valence electrons. The molecule has 1 aromatic heterocycles. The summed E-state index contributed by atoms with van der Waals surface area (Å²) in [4.78, 5) is 35.6. The lowest BCUT2D eigenvalue weighted by Crippen LogP contribution is -2.45. The van der Waals surface area contributed by atoms with Crippen LogP contribution in [0.2, 0.25) is 5.02 Å². The fourth-order valence-electron chi connectivity index (χ4n) is 5.72. The van der Waals surface area contributed by atoms with Gasteiger partial charge in [-0.05, 0) is 80.3 Å². The third kappa shape index (κ3) is 3.94. The van der Waals surface area contributed by atoms with E-state index in [9.17, 15) is 9.59 Å². The Morgan fingerprint density at radius 2 is 1.91 bits per heavy atom. The zero-order chi connectivity index (χ0) is 24.3. The molecule has 3 aliphatic rings. The smallest absolute Gasteiger partial charge is 0.254 e. The second kappa shape index (κ2) is 8.52. The Balaban J connectivity index is 1.27. The predicted octanol–water partition coefficient (Wildman–Crippen LogP) is 5.07. The minimum absolute atomic E-state index is 0.102. The van der Waals surface area contributed by atoms with Gasteiger partial charge in [0.1, 0.15) is 6.04 Å². The first-order valence-corrected chi connectivity index (χ1v) is 12.8. The van der Waals surface area contributed by atoms with E-state index in [0.717, 1.165) is 70.7 Å². The molecule has 2 unspecified atom stereocenters. The topological polar surface area (TPSA) is 65.5 Å². The summed E-state index contributed by atoms with van der Waals surface area (Å²) in [7, 11) is 3.93. The van der Waals surface area contributed by atoms with Crippen molar-refractivity contribution in [2.24, 2.45) is 5.92 Å². The number of nitrogens with zero attached hydrogens (tertiary/aromatic N) is 3. The highest BCUT2D eigenvalue weighted by Crippen LogP contribution is 2.48. The molecule has 1 saturated heterocycles. The Morgan fingerprint density at radius 1 is 1.09 bits per heavy atom. The monoisotopic (exact) mass is 488 g/mol. The highest BCUT2D eigenvalue weighted by Gasteiger charge is 2.56. The number of benzene rings is 2. The summed E-state index contributed by atoms with van der Waals surface area (Å²) in [5.74, 6) is 0.176. The van der Waals surface area contributed by atoms with Crippen LogP contribution in [0.15, 0.2) is 42.5 Å². The molecular weight excluding hydrogens is 460 g/mol. The van der Waals surface area contributed by atoms with E-state index in [-0.39, 0.29) is 17.9 Å². The number of aromatic nitrogens is 1. The van der Waals surface area contributed by atoms with Crippen LogP contribution in [0.5, 0.6) is 0 Å². The molecule has 2 amide bonds. The Kier molecular flexibility index (Phi) is 5.44. The van der Waals surface area contributed by atoms with E-state index in [0.29, 0.717) is 17.9 Å². The zero-order valence-electron chi connectivity index (χ0n) is 20.1. The number of carbonyl (C=O) groups excluding carboxylic acids is 2. The van der Waals surface area contributed by atoms with Gasteiger partial charge in [0, 0.05) is 48.2 Å². The average molecular weight is 489 g/mol. The second-order valence-electron chi connectivity index (χ2n) is 10.3. The number of aryl methyl sites for hydroxylation is 1. The van der Waals surface area contributed by atoms with Crippen LogP contribution in [0.4, 0.5) is 11.4 Å². The number of hydrogen-bond donors (Lipinski definition) is 1. The molecule has 2 aromatic carbocycles. The molecule has 3 aromatic rings. The zero-order valence-corrected chi connectivity index (χ0v) is 20.8. The lowest BCUT2D eigenvalue weighted by atomic mass is 9.94. The SMILES string of the molecule is CN(C)c1cccc(NC(=O)[C@H]2CC3CC3N2C(=O)c2ccc3c(Cl)c4c(nc3c2)CCCC4)c1. The van der Waals surface area contributed by atoms with Crippen molar-refractivity contribution in [3.8, 4) is 0 Å². The summed E-state index contributed by atoms with van der Waals surface area (Å²) < 4.78 is 0. The van der Waals surface area contributed by atoms with Crippen molar-refractivity contribution in [2.45, 2.75) is 50.6 Å². The molecule has 2 fully saturated rings. The van der Waals surface area contributed by atoms with Crippen molar-refractivity contribution in [3.63, 3.8) is 0 Å². The lowest BCUT2D eigenvalue weighted by molar-refractivity contribution is -0.120. The molecule has 1 saturated carbocycles. The Bertz CT molecular complexity index is 1350. The molecule has 0 radical (unpaired) electrons. The number of pyridine rings is 1. The number of hydrogen-bond acceptors (Lipinski definition) is 4. The molecule has 6 rings (SSSR count). The van der Waals surface area contributed by atoms with Gasteiger partial charge in [-0.3, -0.25) is 14.6 Å². The molecule has 2 aliphatic carbocycles. The van der Waals surface area contributed by atoms with Gasteiger partial charge in [0.25, 0.3) is 5.91 Å². The molecule has 1 aliphatic heterocycles. The van der Waals surface area contributed by atoms with Gasteiger partial charge in [0.2, 0.25) is 5.91 Å². The first kappa shape index (κ1) is 22.4. The highest BCUT2D eigenvalue weighted by atomic mass is 35.5. The van der Waals surface area contributed by atoms with Gasteiger partial charge < -0.3 is 15.1 Å². The average Bonchev–Trinajstić information content (AvgIpc) is 3.53. The summed E-state index contributed by atoms with van der Waals surface area (Å²) in [5.41, 5.74) is 5.28. The molecule has 1 N–H and O–H groups in total. The highest BCUT2D eigenvalue weighted by molar-refractivity contribution is 6.36. The van der Waals surface area contributed by atoms with Gasteiger partial charge in [-0.1, -0.05) is 23.7 Å². The van der Waals surface area contributed by atoms with E-state index in [4.69, 9.17) is 16.6 Å². The van der Waals surface area contributed by atoms with Gasteiger partial charge in [-0.2, -0.15) is 0 Å². The largest absolute Gasteiger partial charge is 0.378 e. The molecular formula is C28H29ClN4O2. The van der Waals surface area contributed by atoms with Crippen LogP contribution in [0, 0.1) is 5.92 Å². The number of fused-ring (bicyclic) bond motifs is 3. The van der Waals surface area contributed by atoms with Gasteiger partial charge in [-0.25, -0.2) is 0 Å². The first-order valence-electron chi connectivity index (χ1n) is 12.4. The summed E-state index contributed by atoms with van der Waals surface area (Å²) >= 11 is 6.73. The van der Waals surface area contributed by atoms with Gasteiger partial charge in [0.15, 0.2) is 0 Å². The van der Waals surface area contributed by atoms with Gasteiger partial charge >= 0.3 is 0 Å². The molecule has 6 nitrogen and oxygen atoms in total. The third-order valence-electron chi connectivity index (χ3n) is 7.71. The summed E-state index contributed by atoms with van der Waals surface area (Å²) in [5, 5.41) is 4.70.